The van der Waals surface area contributed by atoms with Gasteiger partial charge in [-0.05, 0) is 25.1 Å². The summed E-state index contributed by atoms with van der Waals surface area (Å²) in [5.41, 5.74) is 9.45. The van der Waals surface area contributed by atoms with Gasteiger partial charge in [0.05, 0.1) is 43.5 Å². The van der Waals surface area contributed by atoms with E-state index in [1.807, 2.05) is 18.3 Å². The Bertz CT molecular complexity index is 1650. The number of nitriles is 1. The molecule has 44 heavy (non-hydrogen) atoms. The lowest BCUT2D eigenvalue weighted by molar-refractivity contribution is -0.0404. The quantitative estimate of drug-likeness (QED) is 0.309. The summed E-state index contributed by atoms with van der Waals surface area (Å²) in [5, 5.41) is 14.2. The Labute approximate surface area is 262 Å². The molecule has 2 N–H and O–H groups in total. The van der Waals surface area contributed by atoms with Crippen LogP contribution in [0.25, 0.3) is 16.8 Å². The molecule has 0 aliphatic carbocycles. The number of piperazine rings is 1. The minimum Gasteiger partial charge on any atom is -0.489 e. The third-order valence-electron chi connectivity index (χ3n) is 8.57. The maximum Gasteiger partial charge on any atom is 0.212 e. The van der Waals surface area contributed by atoms with Crippen molar-refractivity contribution >= 4 is 30.6 Å². The zero-order valence-electron chi connectivity index (χ0n) is 24.8. The number of nitrogen functional groups attached to an aromatic ring is 1. The maximum atomic E-state index is 9.83. The molecule has 230 valence electrons. The molecular formula is C30H36N10O3S. The molecule has 0 amide bonds. The lowest BCUT2D eigenvalue weighted by atomic mass is 9.87. The van der Waals surface area contributed by atoms with Crippen LogP contribution < -0.4 is 20.1 Å². The van der Waals surface area contributed by atoms with Gasteiger partial charge in [0.25, 0.3) is 0 Å². The zero-order chi connectivity index (χ0) is 29.5. The first-order valence-corrected chi connectivity index (χ1v) is 14.5. The highest BCUT2D eigenvalue weighted by atomic mass is 32.1. The summed E-state index contributed by atoms with van der Waals surface area (Å²) in [6, 6.07) is 8.96. The lowest BCUT2D eigenvalue weighted by Gasteiger charge is -2.56. The summed E-state index contributed by atoms with van der Waals surface area (Å²) in [6.45, 7) is 5.42. The minimum absolute atomic E-state index is 0. The van der Waals surface area contributed by atoms with Crippen molar-refractivity contribution in [1.29, 1.82) is 5.26 Å². The normalized spacial score (nSPS) is 21.8. The average Bonchev–Trinajstić information content (AvgIpc) is 3.37. The number of aromatic nitrogens is 5. The van der Waals surface area contributed by atoms with E-state index >= 15 is 0 Å². The second-order valence-corrected chi connectivity index (χ2v) is 11.4. The average molecular weight is 617 g/mol. The number of ether oxygens (including phenoxy) is 3. The number of methoxy groups -OCH3 is 1. The van der Waals surface area contributed by atoms with Gasteiger partial charge in [-0.3, -0.25) is 9.88 Å². The van der Waals surface area contributed by atoms with Crippen molar-refractivity contribution in [2.24, 2.45) is 0 Å². The van der Waals surface area contributed by atoms with Crippen molar-refractivity contribution in [1.82, 2.24) is 34.4 Å². The number of fused-ring (bicyclic) bond motifs is 3. The van der Waals surface area contributed by atoms with Crippen LogP contribution in [0.5, 0.6) is 11.6 Å². The SMILES string of the molecule is COc1ccc(CN2C3CC2CN(c2cnc(-c4cc(OC[C@@H]5CN(C)CCO5)cn5nc(N)c(C#N)c45)cn2)C3)cn1.S. The number of nitrogens with two attached hydrogens (primary N) is 1. The summed E-state index contributed by atoms with van der Waals surface area (Å²) < 4.78 is 18.8. The Morgan fingerprint density at radius 1 is 1.11 bits per heavy atom. The topological polar surface area (TPSA) is 143 Å². The number of nitrogens with zero attached hydrogens (tertiary/aromatic N) is 9. The van der Waals surface area contributed by atoms with Gasteiger partial charge < -0.3 is 29.7 Å². The molecule has 4 fully saturated rings. The van der Waals surface area contributed by atoms with Crippen molar-refractivity contribution in [3.63, 3.8) is 0 Å². The van der Waals surface area contributed by atoms with Crippen molar-refractivity contribution in [3.05, 3.63) is 54.1 Å². The van der Waals surface area contributed by atoms with Crippen LogP contribution in [-0.2, 0) is 11.3 Å². The molecule has 0 saturated carbocycles. The van der Waals surface area contributed by atoms with E-state index in [0.29, 0.717) is 59.3 Å². The van der Waals surface area contributed by atoms with E-state index in [-0.39, 0.29) is 25.4 Å². The van der Waals surface area contributed by atoms with E-state index in [1.165, 1.54) is 12.0 Å². The highest BCUT2D eigenvalue weighted by Crippen LogP contribution is 2.36. The van der Waals surface area contributed by atoms with E-state index in [1.54, 1.807) is 30.2 Å². The smallest absolute Gasteiger partial charge is 0.212 e. The Balaban J connectivity index is 0.00000343. The fourth-order valence-electron chi connectivity index (χ4n) is 6.31. The number of morpholine rings is 1. The van der Waals surface area contributed by atoms with Crippen LogP contribution in [0.1, 0.15) is 17.5 Å². The summed E-state index contributed by atoms with van der Waals surface area (Å²) in [5.74, 6) is 2.20. The van der Waals surface area contributed by atoms with Crippen LogP contribution in [0, 0.1) is 11.3 Å². The van der Waals surface area contributed by atoms with Crippen molar-refractivity contribution < 1.29 is 14.2 Å². The number of pyridine rings is 2. The third kappa shape index (κ3) is 5.71. The summed E-state index contributed by atoms with van der Waals surface area (Å²) in [6.07, 6.45) is 8.32. The first-order chi connectivity index (χ1) is 21.0. The van der Waals surface area contributed by atoms with Crippen molar-refractivity contribution in [3.8, 4) is 29.0 Å². The van der Waals surface area contributed by atoms with E-state index in [0.717, 1.165) is 38.5 Å². The molecule has 4 saturated heterocycles. The second kappa shape index (κ2) is 12.4. The molecule has 3 atom stereocenters. The molecule has 14 heteroatoms. The fraction of sp³-hybridized carbons (Fsp3) is 0.433. The molecule has 0 aromatic carbocycles. The molecule has 0 spiro atoms. The van der Waals surface area contributed by atoms with Crippen molar-refractivity contribution in [2.75, 3.05) is 64.2 Å². The van der Waals surface area contributed by atoms with Crippen LogP contribution in [-0.4, -0.2) is 106 Å². The predicted molar refractivity (Wildman–Crippen MR) is 169 cm³/mol. The van der Waals surface area contributed by atoms with Crippen LogP contribution in [0.4, 0.5) is 11.6 Å². The number of rotatable bonds is 8. The van der Waals surface area contributed by atoms with Crippen LogP contribution in [0.2, 0.25) is 0 Å². The Kier molecular flexibility index (Phi) is 8.46. The van der Waals surface area contributed by atoms with Gasteiger partial charge in [0.15, 0.2) is 5.82 Å². The van der Waals surface area contributed by atoms with Gasteiger partial charge in [-0.2, -0.15) is 18.8 Å². The summed E-state index contributed by atoms with van der Waals surface area (Å²) in [4.78, 5) is 21.0. The molecular weight excluding hydrogens is 580 g/mol. The molecule has 8 rings (SSSR count). The molecule has 4 aliphatic heterocycles. The van der Waals surface area contributed by atoms with Gasteiger partial charge in [0.1, 0.15) is 35.9 Å². The number of piperidine rings is 1. The van der Waals surface area contributed by atoms with Gasteiger partial charge in [-0.1, -0.05) is 6.07 Å². The molecule has 0 radical (unpaired) electrons. The number of likely N-dealkylation sites (N-methyl/N-ethyl adjacent to an activating group) is 1. The maximum absolute atomic E-state index is 9.83. The van der Waals surface area contributed by atoms with Gasteiger partial charge in [0.2, 0.25) is 5.88 Å². The van der Waals surface area contributed by atoms with Gasteiger partial charge in [0, 0.05) is 62.6 Å². The largest absolute Gasteiger partial charge is 0.489 e. The van der Waals surface area contributed by atoms with E-state index < -0.39 is 0 Å². The lowest BCUT2D eigenvalue weighted by Crippen LogP contribution is -2.68. The van der Waals surface area contributed by atoms with E-state index in [9.17, 15) is 5.26 Å². The van der Waals surface area contributed by atoms with Gasteiger partial charge in [-0.15, -0.1) is 5.10 Å². The molecule has 2 unspecified atom stereocenters. The zero-order valence-corrected chi connectivity index (χ0v) is 25.8. The Hall–Kier alpha value is -4.16. The molecule has 2 bridgehead atoms. The van der Waals surface area contributed by atoms with Gasteiger partial charge >= 0.3 is 0 Å². The van der Waals surface area contributed by atoms with Gasteiger partial charge in [-0.25, -0.2) is 14.5 Å². The van der Waals surface area contributed by atoms with E-state index in [2.05, 4.69) is 44.0 Å². The molecule has 4 aromatic rings. The Morgan fingerprint density at radius 2 is 1.95 bits per heavy atom. The molecule has 4 aliphatic rings. The monoisotopic (exact) mass is 616 g/mol. The predicted octanol–water partition coefficient (Wildman–Crippen LogP) is 1.93. The standard InChI is InChI=1S/C30H34N10O3.H2S/c1-37-5-6-42-23(16-37)18-43-22-8-24(29-25(9-31)30(32)36-40(29)17-22)26-11-34-27(12-33-26)38-14-20-7-21(15-38)39(20)13-19-3-4-28(41-2)35-10-19;/h3-4,8,10-12,17,20-21,23H,5-7,13-16,18H2,1-2H3,(H2,32,36);1H2/t20?,21?,23-;/m0./s1. The molecule has 13 nitrogen and oxygen atoms in total. The molecule has 4 aromatic heterocycles. The highest BCUT2D eigenvalue weighted by Gasteiger charge is 2.44. The fourth-order valence-corrected chi connectivity index (χ4v) is 6.31. The third-order valence-corrected chi connectivity index (χ3v) is 8.57. The number of hydrogen-bond donors (Lipinski definition) is 1. The summed E-state index contributed by atoms with van der Waals surface area (Å²) >= 11 is 0. The van der Waals surface area contributed by atoms with Crippen LogP contribution in [0.15, 0.2) is 43.0 Å². The first-order valence-electron chi connectivity index (χ1n) is 14.5. The minimum atomic E-state index is -0.0334. The van der Waals surface area contributed by atoms with Crippen molar-refractivity contribution in [2.45, 2.75) is 31.2 Å². The van der Waals surface area contributed by atoms with E-state index in [4.69, 9.17) is 29.9 Å². The second-order valence-electron chi connectivity index (χ2n) is 11.4. The van der Waals surface area contributed by atoms with Crippen LogP contribution in [0.3, 0.4) is 0 Å². The molecule has 8 heterocycles. The number of anilines is 2. The highest BCUT2D eigenvalue weighted by molar-refractivity contribution is 7.59. The number of hydrogen-bond acceptors (Lipinski definition) is 12. The summed E-state index contributed by atoms with van der Waals surface area (Å²) in [7, 11) is 3.70. The Morgan fingerprint density at radius 3 is 2.64 bits per heavy atom. The first kappa shape index (κ1) is 29.9. The van der Waals surface area contributed by atoms with Crippen LogP contribution >= 0.6 is 13.5 Å².